The summed E-state index contributed by atoms with van der Waals surface area (Å²) in [6.07, 6.45) is 5.66. The number of hydrogen-bond acceptors (Lipinski definition) is 3. The van der Waals surface area contributed by atoms with Gasteiger partial charge in [0, 0.05) is 12.2 Å². The van der Waals surface area contributed by atoms with Crippen molar-refractivity contribution in [2.45, 2.75) is 32.7 Å². The molecule has 1 aromatic rings. The Bertz CT molecular complexity index is 210. The first-order valence-corrected chi connectivity index (χ1v) is 4.35. The highest BCUT2D eigenvalue weighted by molar-refractivity contribution is 5.32. The molecule has 1 aromatic heterocycles. The molecule has 66 valence electrons. The van der Waals surface area contributed by atoms with Crippen LogP contribution in [0, 0.1) is 0 Å². The van der Waals surface area contributed by atoms with E-state index in [4.69, 9.17) is 0 Å². The maximum Gasteiger partial charge on any atom is 0.129 e. The van der Waals surface area contributed by atoms with Crippen molar-refractivity contribution in [2.24, 2.45) is 0 Å². The molecule has 0 aromatic carbocycles. The van der Waals surface area contributed by atoms with Gasteiger partial charge in [-0.2, -0.15) is 0 Å². The third-order valence-corrected chi connectivity index (χ3v) is 1.70. The van der Waals surface area contributed by atoms with Gasteiger partial charge in [-0.3, -0.25) is 0 Å². The second kappa shape index (κ2) is 4.70. The summed E-state index contributed by atoms with van der Waals surface area (Å²) >= 11 is 0. The van der Waals surface area contributed by atoms with Gasteiger partial charge in [-0.1, -0.05) is 13.3 Å². The monoisotopic (exact) mass is 165 g/mol. The zero-order chi connectivity index (χ0) is 8.81. The molecule has 0 saturated carbocycles. The molecule has 1 heterocycles. The van der Waals surface area contributed by atoms with Crippen LogP contribution in [0.5, 0.6) is 0 Å². The second-order valence-electron chi connectivity index (χ2n) is 2.93. The molecule has 12 heavy (non-hydrogen) atoms. The van der Waals surface area contributed by atoms with Crippen LogP contribution in [0.3, 0.4) is 0 Å². The van der Waals surface area contributed by atoms with E-state index in [9.17, 15) is 0 Å². The van der Waals surface area contributed by atoms with E-state index in [-0.39, 0.29) is 0 Å². The fraction of sp³-hybridized carbons (Fsp3) is 0.556. The molecule has 1 unspecified atom stereocenters. The lowest BCUT2D eigenvalue weighted by Crippen LogP contribution is -2.15. The van der Waals surface area contributed by atoms with E-state index in [1.54, 1.807) is 12.5 Å². The minimum Gasteiger partial charge on any atom is -0.368 e. The Morgan fingerprint density at radius 2 is 2.42 bits per heavy atom. The maximum atomic E-state index is 4.08. The molecule has 0 aliphatic rings. The van der Waals surface area contributed by atoms with E-state index in [0.717, 1.165) is 5.82 Å². The van der Waals surface area contributed by atoms with Crippen LogP contribution in [0.15, 0.2) is 18.6 Å². The highest BCUT2D eigenvalue weighted by atomic mass is 15.0. The molecule has 0 bridgehead atoms. The first-order chi connectivity index (χ1) is 5.83. The highest BCUT2D eigenvalue weighted by Gasteiger charge is 1.99. The van der Waals surface area contributed by atoms with Gasteiger partial charge in [0.2, 0.25) is 0 Å². The summed E-state index contributed by atoms with van der Waals surface area (Å²) in [5, 5.41) is 3.29. The minimum absolute atomic E-state index is 0.491. The quantitative estimate of drug-likeness (QED) is 0.742. The van der Waals surface area contributed by atoms with E-state index in [1.807, 2.05) is 6.07 Å². The van der Waals surface area contributed by atoms with Crippen molar-refractivity contribution >= 4 is 5.82 Å². The van der Waals surface area contributed by atoms with Crippen molar-refractivity contribution in [1.29, 1.82) is 0 Å². The summed E-state index contributed by atoms with van der Waals surface area (Å²) in [5.74, 6) is 0.908. The molecular weight excluding hydrogens is 150 g/mol. The Kier molecular flexibility index (Phi) is 3.51. The molecule has 0 radical (unpaired) electrons. The molecule has 3 nitrogen and oxygen atoms in total. The first kappa shape index (κ1) is 8.97. The van der Waals surface area contributed by atoms with E-state index < -0.39 is 0 Å². The standard InChI is InChI=1S/C9H15N3/c1-3-4-8(2)12-9-5-6-10-7-11-9/h5-8H,3-4H2,1-2H3,(H,10,11,12). The largest absolute Gasteiger partial charge is 0.368 e. The highest BCUT2D eigenvalue weighted by Crippen LogP contribution is 2.04. The van der Waals surface area contributed by atoms with Crippen molar-refractivity contribution in [1.82, 2.24) is 9.97 Å². The Morgan fingerprint density at radius 1 is 1.58 bits per heavy atom. The zero-order valence-corrected chi connectivity index (χ0v) is 7.62. The van der Waals surface area contributed by atoms with Crippen LogP contribution in [0.25, 0.3) is 0 Å². The fourth-order valence-corrected chi connectivity index (χ4v) is 1.13. The average molecular weight is 165 g/mol. The summed E-state index contributed by atoms with van der Waals surface area (Å²) in [6, 6.07) is 2.37. The van der Waals surface area contributed by atoms with Crippen molar-refractivity contribution in [3.8, 4) is 0 Å². The van der Waals surface area contributed by atoms with Crippen molar-refractivity contribution in [2.75, 3.05) is 5.32 Å². The summed E-state index contributed by atoms with van der Waals surface area (Å²) in [6.45, 7) is 4.34. The van der Waals surface area contributed by atoms with Gasteiger partial charge < -0.3 is 5.32 Å². The lowest BCUT2D eigenvalue weighted by Gasteiger charge is -2.12. The Hall–Kier alpha value is -1.12. The molecule has 3 heteroatoms. The topological polar surface area (TPSA) is 37.8 Å². The summed E-state index contributed by atoms with van der Waals surface area (Å²) in [5.41, 5.74) is 0. The number of nitrogens with one attached hydrogen (secondary N) is 1. The molecule has 1 rings (SSSR count). The van der Waals surface area contributed by atoms with Gasteiger partial charge in [0.25, 0.3) is 0 Å². The number of nitrogens with zero attached hydrogens (tertiary/aromatic N) is 2. The predicted octanol–water partition coefficient (Wildman–Crippen LogP) is 2.08. The van der Waals surface area contributed by atoms with Crippen LogP contribution in [-0.2, 0) is 0 Å². The zero-order valence-electron chi connectivity index (χ0n) is 7.62. The SMILES string of the molecule is CCCC(C)Nc1ccncn1. The van der Waals surface area contributed by atoms with Gasteiger partial charge in [0.1, 0.15) is 12.1 Å². The summed E-state index contributed by atoms with van der Waals surface area (Å²) in [7, 11) is 0. The van der Waals surface area contributed by atoms with Crippen LogP contribution in [-0.4, -0.2) is 16.0 Å². The molecule has 0 aliphatic carbocycles. The van der Waals surface area contributed by atoms with Crippen LogP contribution in [0.2, 0.25) is 0 Å². The predicted molar refractivity (Wildman–Crippen MR) is 50.0 cm³/mol. The summed E-state index contributed by atoms with van der Waals surface area (Å²) < 4.78 is 0. The lowest BCUT2D eigenvalue weighted by atomic mass is 10.2. The molecule has 0 spiro atoms. The van der Waals surface area contributed by atoms with Gasteiger partial charge in [0.15, 0.2) is 0 Å². The summed E-state index contributed by atoms with van der Waals surface area (Å²) in [4.78, 5) is 7.93. The van der Waals surface area contributed by atoms with Gasteiger partial charge in [-0.15, -0.1) is 0 Å². The van der Waals surface area contributed by atoms with E-state index in [2.05, 4.69) is 29.1 Å². The fourth-order valence-electron chi connectivity index (χ4n) is 1.13. The van der Waals surface area contributed by atoms with Gasteiger partial charge in [0.05, 0.1) is 0 Å². The molecule has 1 atom stereocenters. The van der Waals surface area contributed by atoms with Crippen LogP contribution < -0.4 is 5.32 Å². The lowest BCUT2D eigenvalue weighted by molar-refractivity contribution is 0.687. The normalized spacial score (nSPS) is 12.5. The smallest absolute Gasteiger partial charge is 0.129 e. The van der Waals surface area contributed by atoms with E-state index in [1.165, 1.54) is 12.8 Å². The molecule has 1 N–H and O–H groups in total. The molecule has 0 amide bonds. The van der Waals surface area contributed by atoms with Gasteiger partial charge >= 0.3 is 0 Å². The van der Waals surface area contributed by atoms with Crippen LogP contribution in [0.4, 0.5) is 5.82 Å². The Labute approximate surface area is 73.2 Å². The minimum atomic E-state index is 0.491. The van der Waals surface area contributed by atoms with Crippen molar-refractivity contribution in [3.05, 3.63) is 18.6 Å². The van der Waals surface area contributed by atoms with E-state index in [0.29, 0.717) is 6.04 Å². The van der Waals surface area contributed by atoms with Gasteiger partial charge in [-0.05, 0) is 19.4 Å². The molecule has 0 aliphatic heterocycles. The van der Waals surface area contributed by atoms with Crippen LogP contribution in [0.1, 0.15) is 26.7 Å². The molecule has 0 saturated heterocycles. The number of aromatic nitrogens is 2. The molecule has 0 fully saturated rings. The Balaban J connectivity index is 2.41. The number of rotatable bonds is 4. The average Bonchev–Trinajstić information content (AvgIpc) is 2.06. The van der Waals surface area contributed by atoms with Gasteiger partial charge in [-0.25, -0.2) is 9.97 Å². The first-order valence-electron chi connectivity index (χ1n) is 4.35. The van der Waals surface area contributed by atoms with Crippen molar-refractivity contribution < 1.29 is 0 Å². The third kappa shape index (κ3) is 2.86. The number of hydrogen-bond donors (Lipinski definition) is 1. The number of anilines is 1. The van der Waals surface area contributed by atoms with E-state index >= 15 is 0 Å². The molecular formula is C9H15N3. The van der Waals surface area contributed by atoms with Crippen molar-refractivity contribution in [3.63, 3.8) is 0 Å². The van der Waals surface area contributed by atoms with Crippen LogP contribution >= 0.6 is 0 Å². The second-order valence-corrected chi connectivity index (χ2v) is 2.93. The Morgan fingerprint density at radius 3 is 3.00 bits per heavy atom. The maximum absolute atomic E-state index is 4.08. The third-order valence-electron chi connectivity index (χ3n) is 1.70.